The van der Waals surface area contributed by atoms with Gasteiger partial charge in [0.2, 0.25) is 5.43 Å². The number of carbonyl (C=O) groups excluding carboxylic acids is 3. The van der Waals surface area contributed by atoms with Crippen molar-refractivity contribution in [3.05, 3.63) is 86.8 Å². The van der Waals surface area contributed by atoms with Crippen molar-refractivity contribution >= 4 is 45.8 Å². The van der Waals surface area contributed by atoms with E-state index in [0.29, 0.717) is 16.5 Å². The molecule has 7 nitrogen and oxygen atoms in total. The second kappa shape index (κ2) is 8.57. The average molecular weight is 437 g/mol. The molecule has 1 fully saturated rings. The zero-order valence-electron chi connectivity index (χ0n) is 16.1. The zero-order valence-corrected chi connectivity index (χ0v) is 16.9. The third-order valence-corrected chi connectivity index (χ3v) is 5.60. The molecule has 2 aromatic carbocycles. The number of carbonyl (C=O) groups is 3. The molecule has 1 aromatic heterocycles. The van der Waals surface area contributed by atoms with Crippen LogP contribution in [0.25, 0.3) is 17.0 Å². The number of hydrogen-bond acceptors (Lipinski definition) is 5. The Hall–Kier alpha value is -3.72. The second-order valence-electron chi connectivity index (χ2n) is 6.72. The van der Waals surface area contributed by atoms with Crippen molar-refractivity contribution in [2.45, 2.75) is 0 Å². The van der Waals surface area contributed by atoms with Gasteiger partial charge in [-0.1, -0.05) is 24.3 Å². The summed E-state index contributed by atoms with van der Waals surface area (Å²) in [6, 6.07) is 12.4. The molecule has 0 unspecified atom stereocenters. The second-order valence-corrected chi connectivity index (χ2v) is 7.71. The summed E-state index contributed by atoms with van der Waals surface area (Å²) in [7, 11) is 0. The molecule has 0 bridgehead atoms. The first-order valence-corrected chi connectivity index (χ1v) is 10.2. The predicted molar refractivity (Wildman–Crippen MR) is 116 cm³/mol. The van der Waals surface area contributed by atoms with Crippen molar-refractivity contribution in [2.75, 3.05) is 13.1 Å². The third-order valence-electron chi connectivity index (χ3n) is 4.70. The summed E-state index contributed by atoms with van der Waals surface area (Å²) in [6.07, 6.45) is 2.85. The van der Waals surface area contributed by atoms with Crippen LogP contribution in [0.2, 0.25) is 0 Å². The number of aromatic nitrogens is 1. The molecule has 1 saturated heterocycles. The fourth-order valence-corrected chi connectivity index (χ4v) is 3.98. The van der Waals surface area contributed by atoms with E-state index in [2.05, 4.69) is 10.3 Å². The fourth-order valence-electron chi connectivity index (χ4n) is 3.12. The van der Waals surface area contributed by atoms with Gasteiger partial charge in [0.15, 0.2) is 0 Å². The van der Waals surface area contributed by atoms with Gasteiger partial charge in [-0.25, -0.2) is 4.39 Å². The Balaban J connectivity index is 1.40. The van der Waals surface area contributed by atoms with Gasteiger partial charge in [-0.3, -0.25) is 24.1 Å². The quantitative estimate of drug-likeness (QED) is 0.598. The van der Waals surface area contributed by atoms with E-state index in [-0.39, 0.29) is 23.6 Å². The summed E-state index contributed by atoms with van der Waals surface area (Å²) in [6.45, 7) is -0.0460. The number of nitrogens with zero attached hydrogens (tertiary/aromatic N) is 1. The summed E-state index contributed by atoms with van der Waals surface area (Å²) in [5, 5.41) is 2.50. The molecule has 1 aliphatic rings. The number of para-hydroxylation sites is 1. The molecule has 31 heavy (non-hydrogen) atoms. The number of hydrogen-bond donors (Lipinski definition) is 2. The van der Waals surface area contributed by atoms with Crippen molar-refractivity contribution in [3.63, 3.8) is 0 Å². The summed E-state index contributed by atoms with van der Waals surface area (Å²) in [5.41, 5.74) is 0.759. The van der Waals surface area contributed by atoms with E-state index >= 15 is 0 Å². The number of amides is 3. The van der Waals surface area contributed by atoms with Gasteiger partial charge in [0.1, 0.15) is 11.4 Å². The van der Waals surface area contributed by atoms with Gasteiger partial charge in [-0.05, 0) is 47.7 Å². The van der Waals surface area contributed by atoms with E-state index in [1.165, 1.54) is 36.5 Å². The average Bonchev–Trinajstić information content (AvgIpc) is 3.03. The Labute approximate surface area is 179 Å². The highest BCUT2D eigenvalue weighted by Gasteiger charge is 2.34. The van der Waals surface area contributed by atoms with E-state index < -0.39 is 28.3 Å². The lowest BCUT2D eigenvalue weighted by molar-refractivity contribution is -0.122. The largest absolute Gasteiger partial charge is 0.360 e. The molecule has 9 heteroatoms. The van der Waals surface area contributed by atoms with Gasteiger partial charge in [-0.15, -0.1) is 0 Å². The Bertz CT molecular complexity index is 1280. The molecule has 0 spiro atoms. The third kappa shape index (κ3) is 4.26. The van der Waals surface area contributed by atoms with Crippen LogP contribution in [-0.2, 0) is 4.79 Å². The molecule has 2 N–H and O–H groups in total. The summed E-state index contributed by atoms with van der Waals surface area (Å²) < 4.78 is 13.0. The Morgan fingerprint density at radius 1 is 1.10 bits per heavy atom. The summed E-state index contributed by atoms with van der Waals surface area (Å²) in [5.74, 6) is -1.48. The predicted octanol–water partition coefficient (Wildman–Crippen LogP) is 3.13. The maximum absolute atomic E-state index is 13.0. The first-order valence-electron chi connectivity index (χ1n) is 9.33. The molecule has 3 aromatic rings. The lowest BCUT2D eigenvalue weighted by Crippen LogP contribution is -2.38. The standard InChI is InChI=1S/C22H16FN3O4S/c23-14-7-5-13(6-8-14)11-18-21(29)26(22(30)31-18)10-9-24-20(28)16-12-25-17-4-2-1-3-15(17)19(16)27/h1-8,11-12H,9-10H2,(H,24,28)(H,25,27). The molecule has 0 saturated carbocycles. The molecular formula is C22H16FN3O4S. The molecule has 0 atom stereocenters. The molecule has 0 radical (unpaired) electrons. The first kappa shape index (κ1) is 20.5. The van der Waals surface area contributed by atoms with E-state index in [9.17, 15) is 23.6 Å². The maximum Gasteiger partial charge on any atom is 0.293 e. The number of halogens is 1. The highest BCUT2D eigenvalue weighted by atomic mass is 32.2. The number of benzene rings is 2. The lowest BCUT2D eigenvalue weighted by atomic mass is 10.1. The zero-order chi connectivity index (χ0) is 22.0. The number of imide groups is 1. The summed E-state index contributed by atoms with van der Waals surface area (Å²) in [4.78, 5) is 53.7. The minimum absolute atomic E-state index is 0.00698. The number of rotatable bonds is 5. The SMILES string of the molecule is O=C(NCCN1C(=O)SC(=Cc2ccc(F)cc2)C1=O)c1c[nH]c2ccccc2c1=O. The maximum atomic E-state index is 13.0. The smallest absolute Gasteiger partial charge is 0.293 e. The minimum Gasteiger partial charge on any atom is -0.360 e. The van der Waals surface area contributed by atoms with Crippen LogP contribution in [0.5, 0.6) is 0 Å². The number of nitrogens with one attached hydrogen (secondary N) is 2. The van der Waals surface area contributed by atoms with Crippen LogP contribution < -0.4 is 10.7 Å². The molecule has 156 valence electrons. The summed E-state index contributed by atoms with van der Waals surface area (Å²) >= 11 is 0.777. The van der Waals surface area contributed by atoms with Crippen LogP contribution in [0.1, 0.15) is 15.9 Å². The number of pyridine rings is 1. The molecule has 4 rings (SSSR count). The van der Waals surface area contributed by atoms with Gasteiger partial charge >= 0.3 is 0 Å². The Morgan fingerprint density at radius 3 is 2.61 bits per heavy atom. The highest BCUT2D eigenvalue weighted by molar-refractivity contribution is 8.18. The van der Waals surface area contributed by atoms with Crippen molar-refractivity contribution in [3.8, 4) is 0 Å². The molecule has 2 heterocycles. The molecule has 1 aliphatic heterocycles. The molecular weight excluding hydrogens is 421 g/mol. The Kier molecular flexibility index (Phi) is 5.68. The number of thioether (sulfide) groups is 1. The first-order chi connectivity index (χ1) is 14.9. The normalized spacial score (nSPS) is 15.1. The molecule has 3 amide bonds. The van der Waals surface area contributed by atoms with E-state index in [4.69, 9.17) is 0 Å². The van der Waals surface area contributed by atoms with Gasteiger partial charge in [0, 0.05) is 30.2 Å². The van der Waals surface area contributed by atoms with E-state index in [1.54, 1.807) is 24.3 Å². The van der Waals surface area contributed by atoms with Crippen LogP contribution in [-0.4, -0.2) is 40.0 Å². The lowest BCUT2D eigenvalue weighted by Gasteiger charge is -2.13. The van der Waals surface area contributed by atoms with E-state index in [0.717, 1.165) is 16.7 Å². The fraction of sp³-hybridized carbons (Fsp3) is 0.0909. The van der Waals surface area contributed by atoms with Crippen molar-refractivity contribution < 1.29 is 18.8 Å². The minimum atomic E-state index is -0.596. The highest BCUT2D eigenvalue weighted by Crippen LogP contribution is 2.31. The van der Waals surface area contributed by atoms with Crippen molar-refractivity contribution in [1.82, 2.24) is 15.2 Å². The van der Waals surface area contributed by atoms with Crippen molar-refractivity contribution in [1.29, 1.82) is 0 Å². The molecule has 0 aliphatic carbocycles. The van der Waals surface area contributed by atoms with Crippen LogP contribution in [0.4, 0.5) is 9.18 Å². The van der Waals surface area contributed by atoms with Gasteiger partial charge < -0.3 is 10.3 Å². The van der Waals surface area contributed by atoms with Gasteiger partial charge in [0.05, 0.1) is 4.91 Å². The Morgan fingerprint density at radius 2 is 1.84 bits per heavy atom. The van der Waals surface area contributed by atoms with Crippen molar-refractivity contribution in [2.24, 2.45) is 0 Å². The van der Waals surface area contributed by atoms with Gasteiger partial charge in [-0.2, -0.15) is 0 Å². The van der Waals surface area contributed by atoms with Crippen LogP contribution >= 0.6 is 11.8 Å². The van der Waals surface area contributed by atoms with Crippen LogP contribution in [0.3, 0.4) is 0 Å². The van der Waals surface area contributed by atoms with Crippen LogP contribution in [0, 0.1) is 5.82 Å². The number of aromatic amines is 1. The number of H-pyrrole nitrogens is 1. The van der Waals surface area contributed by atoms with Gasteiger partial charge in [0.25, 0.3) is 17.1 Å². The number of fused-ring (bicyclic) bond motifs is 1. The topological polar surface area (TPSA) is 99.3 Å². The van der Waals surface area contributed by atoms with E-state index in [1.807, 2.05) is 0 Å². The monoisotopic (exact) mass is 437 g/mol. The van der Waals surface area contributed by atoms with Crippen LogP contribution in [0.15, 0.2) is 64.4 Å².